The lowest BCUT2D eigenvalue weighted by atomic mass is 9.83. The molecule has 1 aliphatic rings. The van der Waals surface area contributed by atoms with Gasteiger partial charge in [0.25, 0.3) is 5.56 Å². The van der Waals surface area contributed by atoms with Crippen LogP contribution in [0.2, 0.25) is 0 Å². The van der Waals surface area contributed by atoms with E-state index in [1.165, 1.54) is 0 Å². The smallest absolute Gasteiger partial charge is 0.272 e. The minimum absolute atomic E-state index is 0.0320. The minimum atomic E-state index is -0.173. The van der Waals surface area contributed by atoms with Crippen molar-refractivity contribution in [3.05, 3.63) is 88.4 Å². The number of aromatic nitrogens is 4. The molecule has 0 saturated carbocycles. The van der Waals surface area contributed by atoms with Crippen LogP contribution in [0.3, 0.4) is 0 Å². The molecule has 29 heavy (non-hydrogen) atoms. The predicted molar refractivity (Wildman–Crippen MR) is 116 cm³/mol. The van der Waals surface area contributed by atoms with Crippen LogP contribution in [0.5, 0.6) is 0 Å². The molecule has 0 amide bonds. The summed E-state index contributed by atoms with van der Waals surface area (Å²) in [4.78, 5) is 17.0. The molecule has 2 atom stereocenters. The predicted octanol–water partition coefficient (Wildman–Crippen LogP) is 4.46. The van der Waals surface area contributed by atoms with Crippen LogP contribution in [0.25, 0.3) is 10.8 Å². The maximum absolute atomic E-state index is 12.3. The number of benzene rings is 2. The van der Waals surface area contributed by atoms with Gasteiger partial charge in [0.15, 0.2) is 0 Å². The van der Waals surface area contributed by atoms with Gasteiger partial charge in [0.2, 0.25) is 0 Å². The van der Waals surface area contributed by atoms with Crippen LogP contribution in [-0.4, -0.2) is 19.7 Å². The van der Waals surface area contributed by atoms with E-state index in [1.807, 2.05) is 62.6 Å². The van der Waals surface area contributed by atoms with Gasteiger partial charge in [-0.05, 0) is 24.6 Å². The fourth-order valence-electron chi connectivity index (χ4n) is 4.07. The zero-order chi connectivity index (χ0) is 20.4. The largest absolute Gasteiger partial charge is 0.377 e. The summed E-state index contributed by atoms with van der Waals surface area (Å²) in [5.74, 6) is 0.825. The molecule has 6 nitrogen and oxygen atoms in total. The monoisotopic (exact) mass is 387 g/mol. The Morgan fingerprint density at radius 2 is 1.86 bits per heavy atom. The summed E-state index contributed by atoms with van der Waals surface area (Å²) >= 11 is 0. The number of hydrogen-bond acceptors (Lipinski definition) is 4. The van der Waals surface area contributed by atoms with E-state index in [0.29, 0.717) is 5.39 Å². The number of H-pyrrole nitrogens is 1. The van der Waals surface area contributed by atoms with Crippen LogP contribution in [0.4, 0.5) is 5.69 Å². The molecule has 148 valence electrons. The van der Waals surface area contributed by atoms with E-state index in [-0.39, 0.29) is 17.5 Å². The second kappa shape index (κ2) is 7.91. The Morgan fingerprint density at radius 3 is 2.62 bits per heavy atom. The first-order valence-electron chi connectivity index (χ1n) is 10.1. The molecule has 3 heterocycles. The highest BCUT2D eigenvalue weighted by atomic mass is 16.1. The Balaban J connectivity index is 0.000000994. The molecule has 2 aromatic carbocycles. The second-order valence-electron chi connectivity index (χ2n) is 6.75. The normalized spacial score (nSPS) is 17.3. The van der Waals surface area contributed by atoms with Crippen molar-refractivity contribution < 1.29 is 0 Å². The van der Waals surface area contributed by atoms with Gasteiger partial charge in [-0.3, -0.25) is 4.79 Å². The Morgan fingerprint density at radius 1 is 1.07 bits per heavy atom. The number of aryl methyl sites for hydroxylation is 1. The van der Waals surface area contributed by atoms with Crippen molar-refractivity contribution >= 4 is 16.5 Å². The Labute approximate surface area is 169 Å². The Hall–Kier alpha value is -3.41. The SMILES string of the molecule is CC.CCn1ccnc1C1c2n[nH]c(=O)c3cccc(c23)NC1c1ccccc1. The highest BCUT2D eigenvalue weighted by molar-refractivity contribution is 5.97. The van der Waals surface area contributed by atoms with Crippen molar-refractivity contribution in [3.8, 4) is 0 Å². The number of anilines is 1. The van der Waals surface area contributed by atoms with Gasteiger partial charge in [0.1, 0.15) is 5.82 Å². The van der Waals surface area contributed by atoms with E-state index in [4.69, 9.17) is 0 Å². The fraction of sp³-hybridized carbons (Fsp3) is 0.261. The molecule has 2 N–H and O–H groups in total. The summed E-state index contributed by atoms with van der Waals surface area (Å²) in [5, 5.41) is 12.4. The molecule has 0 aliphatic carbocycles. The third-order valence-electron chi connectivity index (χ3n) is 5.31. The van der Waals surface area contributed by atoms with E-state index >= 15 is 0 Å². The first-order chi connectivity index (χ1) is 14.3. The first-order valence-corrected chi connectivity index (χ1v) is 10.1. The average molecular weight is 387 g/mol. The highest BCUT2D eigenvalue weighted by Gasteiger charge is 2.37. The van der Waals surface area contributed by atoms with Crippen LogP contribution < -0.4 is 10.9 Å². The topological polar surface area (TPSA) is 75.6 Å². The van der Waals surface area contributed by atoms with E-state index < -0.39 is 0 Å². The fourth-order valence-corrected chi connectivity index (χ4v) is 4.07. The van der Waals surface area contributed by atoms with Crippen LogP contribution in [0.1, 0.15) is 49.8 Å². The van der Waals surface area contributed by atoms with E-state index in [2.05, 4.69) is 44.1 Å². The van der Waals surface area contributed by atoms with Gasteiger partial charge in [-0.2, -0.15) is 5.10 Å². The van der Waals surface area contributed by atoms with E-state index in [0.717, 1.165) is 34.7 Å². The number of aromatic amines is 1. The maximum atomic E-state index is 12.3. The van der Waals surface area contributed by atoms with Gasteiger partial charge in [0.05, 0.1) is 23.0 Å². The molecule has 6 heteroatoms. The van der Waals surface area contributed by atoms with Crippen LogP contribution in [0, 0.1) is 0 Å². The van der Waals surface area contributed by atoms with Gasteiger partial charge >= 0.3 is 0 Å². The number of hydrogen-bond donors (Lipinski definition) is 2. The number of nitrogens with one attached hydrogen (secondary N) is 2. The summed E-state index contributed by atoms with van der Waals surface area (Å²) in [6.45, 7) is 6.92. The average Bonchev–Trinajstić information content (AvgIpc) is 3.26. The lowest BCUT2D eigenvalue weighted by molar-refractivity contribution is 0.565. The molecule has 2 unspecified atom stereocenters. The molecule has 0 spiro atoms. The summed E-state index contributed by atoms with van der Waals surface area (Å²) in [6.07, 6.45) is 3.81. The Bertz CT molecular complexity index is 1180. The van der Waals surface area contributed by atoms with Crippen LogP contribution in [0.15, 0.2) is 65.7 Å². The number of nitrogens with zero attached hydrogens (tertiary/aromatic N) is 3. The molecule has 4 aromatic rings. The standard InChI is InChI=1S/C21H19N5O.C2H6/c1-2-26-12-11-22-20(26)17-18(13-7-4-3-5-8-13)23-15-10-6-9-14-16(15)19(17)24-25-21(14)27;1-2/h3-12,17-18,23H,2H2,1H3,(H,25,27);1-2H3. The summed E-state index contributed by atoms with van der Waals surface area (Å²) in [7, 11) is 0. The Kier molecular flexibility index (Phi) is 5.16. The van der Waals surface area contributed by atoms with Crippen LogP contribution in [-0.2, 0) is 6.54 Å². The van der Waals surface area contributed by atoms with Crippen molar-refractivity contribution in [3.63, 3.8) is 0 Å². The zero-order valence-corrected chi connectivity index (χ0v) is 16.9. The number of rotatable bonds is 3. The second-order valence-corrected chi connectivity index (χ2v) is 6.75. The molecule has 0 radical (unpaired) electrons. The van der Waals surface area contributed by atoms with Gasteiger partial charge in [-0.15, -0.1) is 0 Å². The molecular formula is C23H25N5O. The first kappa shape index (κ1) is 18.9. The summed E-state index contributed by atoms with van der Waals surface area (Å²) < 4.78 is 2.13. The van der Waals surface area contributed by atoms with Gasteiger partial charge < -0.3 is 9.88 Å². The van der Waals surface area contributed by atoms with Crippen molar-refractivity contribution in [2.75, 3.05) is 5.32 Å². The minimum Gasteiger partial charge on any atom is -0.377 e. The molecule has 0 saturated heterocycles. The van der Waals surface area contributed by atoms with Crippen molar-refractivity contribution in [2.24, 2.45) is 0 Å². The van der Waals surface area contributed by atoms with Crippen molar-refractivity contribution in [2.45, 2.75) is 39.3 Å². The van der Waals surface area contributed by atoms with E-state index in [9.17, 15) is 4.79 Å². The van der Waals surface area contributed by atoms with Crippen molar-refractivity contribution in [1.82, 2.24) is 19.7 Å². The highest BCUT2D eigenvalue weighted by Crippen LogP contribution is 2.45. The quantitative estimate of drug-likeness (QED) is 0.544. The maximum Gasteiger partial charge on any atom is 0.272 e. The van der Waals surface area contributed by atoms with Crippen molar-refractivity contribution in [1.29, 1.82) is 0 Å². The van der Waals surface area contributed by atoms with Crippen LogP contribution >= 0.6 is 0 Å². The molecular weight excluding hydrogens is 362 g/mol. The summed E-state index contributed by atoms with van der Waals surface area (Å²) in [6, 6.07) is 16.0. The lowest BCUT2D eigenvalue weighted by Gasteiger charge is -2.34. The molecule has 1 aliphatic heterocycles. The third kappa shape index (κ3) is 3.10. The third-order valence-corrected chi connectivity index (χ3v) is 5.31. The molecule has 0 fully saturated rings. The van der Waals surface area contributed by atoms with Gasteiger partial charge in [-0.25, -0.2) is 10.1 Å². The number of imidazole rings is 1. The zero-order valence-electron chi connectivity index (χ0n) is 16.9. The molecule has 5 rings (SSSR count). The molecule has 2 aromatic heterocycles. The van der Waals surface area contributed by atoms with Gasteiger partial charge in [0, 0.05) is 30.0 Å². The van der Waals surface area contributed by atoms with E-state index in [1.54, 1.807) is 0 Å². The van der Waals surface area contributed by atoms with Gasteiger partial charge in [-0.1, -0.05) is 50.2 Å². The lowest BCUT2D eigenvalue weighted by Crippen LogP contribution is -2.29. The molecule has 0 bridgehead atoms. The summed E-state index contributed by atoms with van der Waals surface area (Å²) in [5.41, 5.74) is 2.77.